The molecule has 2 aromatic heterocycles. The number of pyridine rings is 1. The molecule has 0 amide bonds. The Morgan fingerprint density at radius 1 is 0.694 bits per heavy atom. The molecule has 0 aliphatic carbocycles. The second-order valence-electron chi connectivity index (χ2n) is 9.72. The Morgan fingerprint density at radius 2 is 1.33 bits per heavy atom. The van der Waals surface area contributed by atoms with Gasteiger partial charge in [-0.2, -0.15) is 0 Å². The van der Waals surface area contributed by atoms with E-state index in [2.05, 4.69) is 80.9 Å². The summed E-state index contributed by atoms with van der Waals surface area (Å²) < 4.78 is 2.23. The average molecular weight is 474 g/mol. The van der Waals surface area contributed by atoms with Crippen LogP contribution < -0.4 is 0 Å². The molecule has 1 N–H and O–H groups in total. The smallest absolute Gasteiger partial charge is 0.144 e. The zero-order chi connectivity index (χ0) is 25.2. The SMILES string of the molecule is CC(C)c1cccc(C(C)C)c1-n1ccnc1-c1cccc(-c2cccc(-c3ccccc3O)n2)c1. The number of imidazole rings is 1. The Hall–Kier alpha value is -4.18. The fourth-order valence-corrected chi connectivity index (χ4v) is 4.74. The molecule has 0 saturated heterocycles. The second-order valence-corrected chi connectivity index (χ2v) is 9.72. The second kappa shape index (κ2) is 9.82. The third-order valence-corrected chi connectivity index (χ3v) is 6.57. The van der Waals surface area contributed by atoms with Crippen molar-refractivity contribution in [3.05, 3.63) is 108 Å². The number of para-hydroxylation sites is 2. The predicted molar refractivity (Wildman–Crippen MR) is 148 cm³/mol. The summed E-state index contributed by atoms with van der Waals surface area (Å²) >= 11 is 0. The van der Waals surface area contributed by atoms with E-state index in [4.69, 9.17) is 9.97 Å². The molecule has 2 heterocycles. The van der Waals surface area contributed by atoms with Gasteiger partial charge in [-0.25, -0.2) is 9.97 Å². The van der Waals surface area contributed by atoms with Gasteiger partial charge >= 0.3 is 0 Å². The lowest BCUT2D eigenvalue weighted by Gasteiger charge is -2.22. The highest BCUT2D eigenvalue weighted by atomic mass is 16.3. The molecule has 0 aliphatic heterocycles. The van der Waals surface area contributed by atoms with Gasteiger partial charge in [0, 0.05) is 29.1 Å². The Morgan fingerprint density at radius 3 is 2.06 bits per heavy atom. The number of hydrogen-bond donors (Lipinski definition) is 1. The average Bonchev–Trinajstić information content (AvgIpc) is 3.38. The number of aromatic hydroxyl groups is 1. The molecule has 0 fully saturated rings. The fraction of sp³-hybridized carbons (Fsp3) is 0.188. The zero-order valence-corrected chi connectivity index (χ0v) is 21.2. The van der Waals surface area contributed by atoms with Crippen LogP contribution in [0.1, 0.15) is 50.7 Å². The van der Waals surface area contributed by atoms with E-state index < -0.39 is 0 Å². The minimum Gasteiger partial charge on any atom is -0.507 e. The van der Waals surface area contributed by atoms with Crippen LogP contribution in [0.15, 0.2) is 97.3 Å². The van der Waals surface area contributed by atoms with Crippen LogP contribution in [-0.2, 0) is 0 Å². The van der Waals surface area contributed by atoms with Crippen LogP contribution in [0.3, 0.4) is 0 Å². The van der Waals surface area contributed by atoms with Crippen molar-refractivity contribution in [1.29, 1.82) is 0 Å². The first-order valence-corrected chi connectivity index (χ1v) is 12.5. The summed E-state index contributed by atoms with van der Waals surface area (Å²) in [5, 5.41) is 10.3. The van der Waals surface area contributed by atoms with Crippen LogP contribution in [0, 0.1) is 0 Å². The van der Waals surface area contributed by atoms with Crippen molar-refractivity contribution < 1.29 is 5.11 Å². The van der Waals surface area contributed by atoms with Gasteiger partial charge in [0.15, 0.2) is 0 Å². The number of rotatable bonds is 6. The number of benzene rings is 3. The van der Waals surface area contributed by atoms with Gasteiger partial charge in [0.2, 0.25) is 0 Å². The minimum absolute atomic E-state index is 0.225. The van der Waals surface area contributed by atoms with E-state index in [-0.39, 0.29) is 5.75 Å². The summed E-state index contributed by atoms with van der Waals surface area (Å²) in [5.41, 5.74) is 8.19. The highest BCUT2D eigenvalue weighted by molar-refractivity contribution is 5.73. The van der Waals surface area contributed by atoms with E-state index in [1.807, 2.05) is 42.6 Å². The fourth-order valence-electron chi connectivity index (χ4n) is 4.74. The molecule has 4 heteroatoms. The Labute approximate surface area is 213 Å². The van der Waals surface area contributed by atoms with E-state index in [0.717, 1.165) is 33.9 Å². The van der Waals surface area contributed by atoms with Crippen molar-refractivity contribution in [2.24, 2.45) is 0 Å². The Bertz CT molecular complexity index is 1490. The first kappa shape index (κ1) is 23.6. The lowest BCUT2D eigenvalue weighted by molar-refractivity contribution is 0.477. The van der Waals surface area contributed by atoms with E-state index in [1.54, 1.807) is 6.07 Å². The van der Waals surface area contributed by atoms with Crippen molar-refractivity contribution in [3.63, 3.8) is 0 Å². The lowest BCUT2D eigenvalue weighted by Crippen LogP contribution is -2.07. The molecule has 5 rings (SSSR count). The molecular weight excluding hydrogens is 442 g/mol. The van der Waals surface area contributed by atoms with Crippen LogP contribution in [0.5, 0.6) is 5.75 Å². The summed E-state index contributed by atoms with van der Waals surface area (Å²) in [6.07, 6.45) is 3.94. The predicted octanol–water partition coefficient (Wildman–Crippen LogP) is 8.22. The topological polar surface area (TPSA) is 50.9 Å². The largest absolute Gasteiger partial charge is 0.507 e. The quantitative estimate of drug-likeness (QED) is 0.270. The first-order chi connectivity index (χ1) is 17.4. The molecule has 36 heavy (non-hydrogen) atoms. The summed E-state index contributed by atoms with van der Waals surface area (Å²) in [6, 6.07) is 28.2. The zero-order valence-electron chi connectivity index (χ0n) is 21.2. The molecule has 0 saturated carbocycles. The molecule has 180 valence electrons. The molecule has 0 radical (unpaired) electrons. The Balaban J connectivity index is 1.60. The van der Waals surface area contributed by atoms with Gasteiger partial charge in [0.1, 0.15) is 11.6 Å². The Kier molecular flexibility index (Phi) is 6.43. The van der Waals surface area contributed by atoms with E-state index in [0.29, 0.717) is 11.8 Å². The van der Waals surface area contributed by atoms with Crippen molar-refractivity contribution in [2.75, 3.05) is 0 Å². The maximum atomic E-state index is 10.3. The van der Waals surface area contributed by atoms with Crippen molar-refractivity contribution in [1.82, 2.24) is 14.5 Å². The third kappa shape index (κ3) is 4.42. The van der Waals surface area contributed by atoms with Gasteiger partial charge in [-0.05, 0) is 53.3 Å². The molecule has 0 aliphatic rings. The molecule has 0 unspecified atom stereocenters. The number of phenolic OH excluding ortho intramolecular Hbond substituents is 1. The maximum Gasteiger partial charge on any atom is 0.144 e. The van der Waals surface area contributed by atoms with Gasteiger partial charge in [-0.3, -0.25) is 4.57 Å². The van der Waals surface area contributed by atoms with E-state index >= 15 is 0 Å². The number of aromatic nitrogens is 3. The van der Waals surface area contributed by atoms with Gasteiger partial charge in [-0.1, -0.05) is 82.3 Å². The monoisotopic (exact) mass is 473 g/mol. The number of hydrogen-bond acceptors (Lipinski definition) is 3. The van der Waals surface area contributed by atoms with Gasteiger partial charge in [0.25, 0.3) is 0 Å². The van der Waals surface area contributed by atoms with Crippen LogP contribution in [0.4, 0.5) is 0 Å². The summed E-state index contributed by atoms with van der Waals surface area (Å²) in [6.45, 7) is 8.96. The van der Waals surface area contributed by atoms with Gasteiger partial charge in [0.05, 0.1) is 17.1 Å². The van der Waals surface area contributed by atoms with Crippen LogP contribution in [0.25, 0.3) is 39.6 Å². The van der Waals surface area contributed by atoms with Crippen molar-refractivity contribution >= 4 is 0 Å². The highest BCUT2D eigenvalue weighted by Gasteiger charge is 2.19. The molecule has 4 nitrogen and oxygen atoms in total. The highest BCUT2D eigenvalue weighted by Crippen LogP contribution is 2.35. The molecule has 0 atom stereocenters. The number of nitrogens with zero attached hydrogens (tertiary/aromatic N) is 3. The summed E-state index contributed by atoms with van der Waals surface area (Å²) in [7, 11) is 0. The molecular formula is C32H31N3O. The molecule has 3 aromatic carbocycles. The summed E-state index contributed by atoms with van der Waals surface area (Å²) in [4.78, 5) is 9.65. The van der Waals surface area contributed by atoms with Crippen molar-refractivity contribution in [3.8, 4) is 45.3 Å². The lowest BCUT2D eigenvalue weighted by atomic mass is 9.92. The van der Waals surface area contributed by atoms with Crippen LogP contribution >= 0.6 is 0 Å². The van der Waals surface area contributed by atoms with Gasteiger partial charge < -0.3 is 5.11 Å². The first-order valence-electron chi connectivity index (χ1n) is 12.5. The third-order valence-electron chi connectivity index (χ3n) is 6.57. The van der Waals surface area contributed by atoms with Crippen molar-refractivity contribution in [2.45, 2.75) is 39.5 Å². The normalized spacial score (nSPS) is 11.4. The molecule has 0 bridgehead atoms. The van der Waals surface area contributed by atoms with E-state index in [1.165, 1.54) is 16.8 Å². The van der Waals surface area contributed by atoms with Crippen LogP contribution in [0.2, 0.25) is 0 Å². The standard InChI is InChI=1S/C32H31N3O/c1-21(2)25-13-8-14-26(22(3)4)31(25)35-19-18-33-32(35)24-11-7-10-23(20-24)28-15-9-16-29(34-28)27-12-5-6-17-30(27)36/h5-22,36H,1-4H3. The summed E-state index contributed by atoms with van der Waals surface area (Å²) in [5.74, 6) is 1.91. The molecule has 5 aromatic rings. The minimum atomic E-state index is 0.225. The van der Waals surface area contributed by atoms with Gasteiger partial charge in [-0.15, -0.1) is 0 Å². The van der Waals surface area contributed by atoms with Crippen LogP contribution in [-0.4, -0.2) is 19.6 Å². The van der Waals surface area contributed by atoms with E-state index in [9.17, 15) is 5.11 Å². The molecule has 0 spiro atoms. The maximum absolute atomic E-state index is 10.3. The number of phenols is 1.